The van der Waals surface area contributed by atoms with Crippen molar-refractivity contribution in [3.63, 3.8) is 0 Å². The molecule has 2 aromatic carbocycles. The first-order chi connectivity index (χ1) is 16.7. The average Bonchev–Trinajstić information content (AvgIpc) is 3.39. The molecule has 0 saturated carbocycles. The highest BCUT2D eigenvalue weighted by molar-refractivity contribution is 6.06. The van der Waals surface area contributed by atoms with Crippen LogP contribution in [0.15, 0.2) is 79.8 Å². The number of carbonyl (C=O) groups is 2. The maximum Gasteiger partial charge on any atom is 0.275 e. The summed E-state index contributed by atoms with van der Waals surface area (Å²) in [6, 6.07) is 13.4. The number of ether oxygens (including phenoxy) is 1. The molecule has 8 nitrogen and oxygen atoms in total. The lowest BCUT2D eigenvalue weighted by atomic mass is 9.89. The van der Waals surface area contributed by atoms with Crippen LogP contribution in [0, 0.1) is 0 Å². The molecule has 0 bridgehead atoms. The van der Waals surface area contributed by atoms with Gasteiger partial charge in [-0.05, 0) is 36.1 Å². The number of ketones is 1. The molecule has 170 valence electrons. The molecule has 0 radical (unpaired) electrons. The Morgan fingerprint density at radius 2 is 1.94 bits per heavy atom. The third-order valence-corrected chi connectivity index (χ3v) is 5.82. The van der Waals surface area contributed by atoms with Crippen molar-refractivity contribution in [2.75, 3.05) is 5.32 Å². The van der Waals surface area contributed by atoms with E-state index in [1.54, 1.807) is 24.7 Å². The second kappa shape index (κ2) is 9.66. The first-order valence-corrected chi connectivity index (χ1v) is 11.1. The van der Waals surface area contributed by atoms with Crippen LogP contribution < -0.4 is 10.1 Å². The van der Waals surface area contributed by atoms with Crippen molar-refractivity contribution < 1.29 is 14.3 Å². The molecule has 8 heteroatoms. The van der Waals surface area contributed by atoms with E-state index in [0.29, 0.717) is 36.4 Å². The minimum absolute atomic E-state index is 0.0702. The molecule has 34 heavy (non-hydrogen) atoms. The number of aromatic nitrogens is 4. The van der Waals surface area contributed by atoms with Crippen LogP contribution in [-0.2, 0) is 13.0 Å². The highest BCUT2D eigenvalue weighted by Gasteiger charge is 2.26. The van der Waals surface area contributed by atoms with Gasteiger partial charge in [0.25, 0.3) is 5.91 Å². The predicted octanol–water partition coefficient (Wildman–Crippen LogP) is 4.26. The Hall–Kier alpha value is -4.33. The number of imidazole rings is 1. The third kappa shape index (κ3) is 4.56. The van der Waals surface area contributed by atoms with Gasteiger partial charge in [0.2, 0.25) is 0 Å². The molecule has 2 heterocycles. The zero-order valence-corrected chi connectivity index (χ0v) is 18.4. The normalized spacial score (nSPS) is 13.7. The van der Waals surface area contributed by atoms with Crippen LogP contribution in [0.5, 0.6) is 5.75 Å². The number of carbonyl (C=O) groups excluding carboxylic acids is 2. The van der Waals surface area contributed by atoms with E-state index in [0.717, 1.165) is 17.5 Å². The molecule has 1 aliphatic rings. The molecule has 0 saturated heterocycles. The third-order valence-electron chi connectivity index (χ3n) is 5.82. The topological polar surface area (TPSA) is 99.0 Å². The summed E-state index contributed by atoms with van der Waals surface area (Å²) in [5, 5.41) is 2.95. The highest BCUT2D eigenvalue weighted by atomic mass is 16.5. The largest absolute Gasteiger partial charge is 0.482 e. The zero-order chi connectivity index (χ0) is 23.3. The highest BCUT2D eigenvalue weighted by Crippen LogP contribution is 2.38. The summed E-state index contributed by atoms with van der Waals surface area (Å²) in [5.74, 6) is 0.163. The fraction of sp³-hybridized carbons (Fsp3) is 0.192. The maximum absolute atomic E-state index is 13.0. The van der Waals surface area contributed by atoms with Crippen LogP contribution in [0.3, 0.4) is 0 Å². The number of nitrogens with one attached hydrogen (secondary N) is 1. The molecule has 0 fully saturated rings. The molecule has 1 atom stereocenters. The van der Waals surface area contributed by atoms with E-state index in [4.69, 9.17) is 4.74 Å². The number of hydrogen-bond acceptors (Lipinski definition) is 6. The number of benzene rings is 2. The van der Waals surface area contributed by atoms with E-state index < -0.39 is 5.91 Å². The summed E-state index contributed by atoms with van der Waals surface area (Å²) in [6.45, 7) is 0.525. The standard InChI is InChI=1S/C26H23N5O3/c32-22-8-4-7-20-19(22)9-10-23(25(20)30-26(33)21-15-27-11-12-29-21)34-24(16-31-14-13-28-17-31)18-5-2-1-3-6-18/h1-3,5-6,9-15,17,24H,4,7-8,16H2,(H,30,33). The molecule has 1 N–H and O–H groups in total. The molecule has 4 aromatic rings. The molecule has 0 aliphatic heterocycles. The Kier molecular flexibility index (Phi) is 6.11. The molecule has 5 rings (SSSR count). The Morgan fingerprint density at radius 3 is 2.71 bits per heavy atom. The molecule has 1 unspecified atom stereocenters. The van der Waals surface area contributed by atoms with Crippen molar-refractivity contribution >= 4 is 17.4 Å². The fourth-order valence-corrected chi connectivity index (χ4v) is 4.15. The number of amides is 1. The molecule has 0 spiro atoms. The van der Waals surface area contributed by atoms with E-state index >= 15 is 0 Å². The van der Waals surface area contributed by atoms with Crippen LogP contribution in [0.1, 0.15) is 50.9 Å². The lowest BCUT2D eigenvalue weighted by Gasteiger charge is -2.25. The van der Waals surface area contributed by atoms with Gasteiger partial charge < -0.3 is 14.6 Å². The second-order valence-electron chi connectivity index (χ2n) is 8.06. The van der Waals surface area contributed by atoms with Crippen molar-refractivity contribution in [1.29, 1.82) is 0 Å². The Morgan fingerprint density at radius 1 is 1.06 bits per heavy atom. The lowest BCUT2D eigenvalue weighted by molar-refractivity contribution is 0.0969. The SMILES string of the molecule is O=C(Nc1c(OC(Cn2ccnc2)c2ccccc2)ccc2c1CCCC2=O)c1cnccn1. The van der Waals surface area contributed by atoms with E-state index in [1.165, 1.54) is 18.6 Å². The van der Waals surface area contributed by atoms with Crippen molar-refractivity contribution in [1.82, 2.24) is 19.5 Å². The van der Waals surface area contributed by atoms with Crippen LogP contribution in [0.25, 0.3) is 0 Å². The first kappa shape index (κ1) is 21.5. The number of fused-ring (bicyclic) bond motifs is 1. The number of rotatable bonds is 7. The van der Waals surface area contributed by atoms with E-state index in [1.807, 2.05) is 41.1 Å². The lowest BCUT2D eigenvalue weighted by Crippen LogP contribution is -2.21. The van der Waals surface area contributed by atoms with Crippen LogP contribution in [0.4, 0.5) is 5.69 Å². The van der Waals surface area contributed by atoms with Gasteiger partial charge >= 0.3 is 0 Å². The smallest absolute Gasteiger partial charge is 0.275 e. The van der Waals surface area contributed by atoms with Gasteiger partial charge in [0.1, 0.15) is 17.5 Å². The minimum Gasteiger partial charge on any atom is -0.482 e. The van der Waals surface area contributed by atoms with Gasteiger partial charge in [-0.25, -0.2) is 9.97 Å². The van der Waals surface area contributed by atoms with E-state index in [-0.39, 0.29) is 17.6 Å². The molecule has 1 amide bonds. The number of nitrogens with zero attached hydrogens (tertiary/aromatic N) is 4. The number of hydrogen-bond donors (Lipinski definition) is 1. The number of anilines is 1. The maximum atomic E-state index is 13.0. The quantitative estimate of drug-likeness (QED) is 0.449. The summed E-state index contributed by atoms with van der Waals surface area (Å²) in [6.07, 6.45) is 11.3. The molecule has 2 aromatic heterocycles. The van der Waals surface area contributed by atoms with Crippen molar-refractivity contribution in [2.45, 2.75) is 31.9 Å². The van der Waals surface area contributed by atoms with Gasteiger partial charge in [0, 0.05) is 36.8 Å². The van der Waals surface area contributed by atoms with Gasteiger partial charge in [-0.3, -0.25) is 14.6 Å². The van der Waals surface area contributed by atoms with Gasteiger partial charge in [-0.1, -0.05) is 30.3 Å². The van der Waals surface area contributed by atoms with Crippen LogP contribution >= 0.6 is 0 Å². The second-order valence-corrected chi connectivity index (χ2v) is 8.06. The summed E-state index contributed by atoms with van der Waals surface area (Å²) < 4.78 is 8.47. The summed E-state index contributed by atoms with van der Waals surface area (Å²) in [4.78, 5) is 37.8. The zero-order valence-electron chi connectivity index (χ0n) is 18.4. The van der Waals surface area contributed by atoms with Crippen LogP contribution in [-0.4, -0.2) is 31.2 Å². The van der Waals surface area contributed by atoms with Gasteiger partial charge in [0.15, 0.2) is 5.78 Å². The predicted molar refractivity (Wildman–Crippen MR) is 126 cm³/mol. The van der Waals surface area contributed by atoms with Gasteiger partial charge in [-0.15, -0.1) is 0 Å². The minimum atomic E-state index is -0.407. The first-order valence-electron chi connectivity index (χ1n) is 11.1. The monoisotopic (exact) mass is 453 g/mol. The van der Waals surface area contributed by atoms with Crippen molar-refractivity contribution in [3.05, 3.63) is 102 Å². The fourth-order valence-electron chi connectivity index (χ4n) is 4.15. The Bertz CT molecular complexity index is 1290. The average molecular weight is 454 g/mol. The molecule has 1 aliphatic carbocycles. The van der Waals surface area contributed by atoms with E-state index in [9.17, 15) is 9.59 Å². The van der Waals surface area contributed by atoms with Crippen molar-refractivity contribution in [2.24, 2.45) is 0 Å². The van der Waals surface area contributed by atoms with Crippen molar-refractivity contribution in [3.8, 4) is 5.75 Å². The number of Topliss-reactive ketones (excluding diaryl/α,β-unsaturated/α-hetero) is 1. The van der Waals surface area contributed by atoms with E-state index in [2.05, 4.69) is 20.3 Å². The van der Waals surface area contributed by atoms with Gasteiger partial charge in [-0.2, -0.15) is 0 Å². The van der Waals surface area contributed by atoms with Gasteiger partial charge in [0.05, 0.1) is 24.8 Å². The summed E-state index contributed by atoms with van der Waals surface area (Å²) in [5.41, 5.74) is 3.09. The molecular weight excluding hydrogens is 430 g/mol. The Balaban J connectivity index is 1.54. The Labute approximate surface area is 196 Å². The molecular formula is C26H23N5O3. The summed E-state index contributed by atoms with van der Waals surface area (Å²) in [7, 11) is 0. The summed E-state index contributed by atoms with van der Waals surface area (Å²) >= 11 is 0. The van der Waals surface area contributed by atoms with Crippen LogP contribution in [0.2, 0.25) is 0 Å².